The molecule has 0 amide bonds. The standard InChI is InChI=1S/C3H2N6O6/c10-7(11)3(8(12)13,9(14)15)2-1-4-6-5-2/h1H,(H,4,5,6). The Labute approximate surface area is 79.3 Å². The van der Waals surface area contributed by atoms with Crippen molar-refractivity contribution in [3.05, 3.63) is 42.2 Å². The molecule has 0 aliphatic rings. The molecule has 0 spiro atoms. The number of aromatic amines is 1. The molecular weight excluding hydrogens is 216 g/mol. The summed E-state index contributed by atoms with van der Waals surface area (Å²) < 4.78 is 0. The summed E-state index contributed by atoms with van der Waals surface area (Å²) >= 11 is 0. The Morgan fingerprint density at radius 3 is 1.87 bits per heavy atom. The molecule has 1 N–H and O–H groups in total. The van der Waals surface area contributed by atoms with Crippen LogP contribution in [0.25, 0.3) is 0 Å². The molecule has 0 aliphatic heterocycles. The first-order valence-corrected chi connectivity index (χ1v) is 3.23. The molecule has 0 aliphatic carbocycles. The second-order valence-corrected chi connectivity index (χ2v) is 2.26. The van der Waals surface area contributed by atoms with E-state index in [0.717, 1.165) is 0 Å². The van der Waals surface area contributed by atoms with E-state index in [1.165, 1.54) is 0 Å². The number of nitrogens with zero attached hydrogens (tertiary/aromatic N) is 5. The average Bonchev–Trinajstić information content (AvgIpc) is 2.55. The second kappa shape index (κ2) is 3.24. The Bertz CT molecular complexity index is 374. The van der Waals surface area contributed by atoms with Gasteiger partial charge in [-0.15, -0.1) is 5.10 Å². The molecule has 0 unspecified atom stereocenters. The van der Waals surface area contributed by atoms with Crippen molar-refractivity contribution in [2.75, 3.05) is 0 Å². The summed E-state index contributed by atoms with van der Waals surface area (Å²) in [5, 5.41) is 39.2. The third-order valence-electron chi connectivity index (χ3n) is 1.52. The molecule has 0 saturated carbocycles. The predicted octanol–water partition coefficient (Wildman–Crippen LogP) is -1.25. The molecule has 0 atom stereocenters. The molecule has 0 radical (unpaired) electrons. The zero-order valence-corrected chi connectivity index (χ0v) is 6.76. The summed E-state index contributed by atoms with van der Waals surface area (Å²) in [6.07, 6.45) is 0.550. The number of hydrogen-bond acceptors (Lipinski definition) is 8. The highest BCUT2D eigenvalue weighted by molar-refractivity contribution is 4.95. The zero-order chi connectivity index (χ0) is 11.6. The largest absolute Gasteiger partial charge is 0.749 e. The van der Waals surface area contributed by atoms with Gasteiger partial charge in [0.05, 0.1) is 6.20 Å². The van der Waals surface area contributed by atoms with Gasteiger partial charge >= 0.3 is 11.5 Å². The third kappa shape index (κ3) is 1.23. The van der Waals surface area contributed by atoms with Crippen LogP contribution in [-0.4, -0.2) is 30.2 Å². The lowest BCUT2D eigenvalue weighted by Gasteiger charge is -2.04. The number of nitro groups is 3. The molecular formula is C3H2N6O6. The minimum atomic E-state index is -3.72. The minimum Gasteiger partial charge on any atom is -0.252 e. The maximum atomic E-state index is 10.4. The Hall–Kier alpha value is -2.66. The third-order valence-corrected chi connectivity index (χ3v) is 1.52. The first-order valence-electron chi connectivity index (χ1n) is 3.23. The Morgan fingerprint density at radius 2 is 1.60 bits per heavy atom. The van der Waals surface area contributed by atoms with E-state index >= 15 is 0 Å². The monoisotopic (exact) mass is 218 g/mol. The minimum absolute atomic E-state index is 0.550. The van der Waals surface area contributed by atoms with Crippen LogP contribution in [0.15, 0.2) is 6.20 Å². The summed E-state index contributed by atoms with van der Waals surface area (Å²) in [6.45, 7) is 0. The molecule has 0 saturated heterocycles. The quantitative estimate of drug-likeness (QED) is 0.370. The van der Waals surface area contributed by atoms with Gasteiger partial charge in [0.1, 0.15) is 0 Å². The van der Waals surface area contributed by atoms with E-state index in [-0.39, 0.29) is 0 Å². The molecule has 80 valence electrons. The molecule has 1 rings (SSSR count). The van der Waals surface area contributed by atoms with Gasteiger partial charge in [0.2, 0.25) is 0 Å². The fourth-order valence-electron chi connectivity index (χ4n) is 0.844. The lowest BCUT2D eigenvalue weighted by atomic mass is 10.3. The predicted molar refractivity (Wildman–Crippen MR) is 39.0 cm³/mol. The van der Waals surface area contributed by atoms with E-state index in [9.17, 15) is 30.3 Å². The highest BCUT2D eigenvalue weighted by atomic mass is 16.7. The van der Waals surface area contributed by atoms with Gasteiger partial charge in [-0.3, -0.25) is 30.3 Å². The van der Waals surface area contributed by atoms with Crippen molar-refractivity contribution in [2.24, 2.45) is 0 Å². The lowest BCUT2D eigenvalue weighted by Crippen LogP contribution is -2.50. The van der Waals surface area contributed by atoms with Crippen molar-refractivity contribution < 1.29 is 14.8 Å². The maximum Gasteiger partial charge on any atom is 0.749 e. The van der Waals surface area contributed by atoms with Gasteiger partial charge in [0.25, 0.3) is 0 Å². The van der Waals surface area contributed by atoms with Gasteiger partial charge in [-0.05, 0) is 0 Å². The Kier molecular flexibility index (Phi) is 2.25. The summed E-state index contributed by atoms with van der Waals surface area (Å²) in [7, 11) is 0. The molecule has 1 aromatic rings. The van der Waals surface area contributed by atoms with Crippen LogP contribution in [0.1, 0.15) is 5.69 Å². The average molecular weight is 218 g/mol. The van der Waals surface area contributed by atoms with E-state index in [2.05, 4.69) is 10.2 Å². The molecule has 1 aromatic heterocycles. The molecule has 1 heterocycles. The highest BCUT2D eigenvalue weighted by Crippen LogP contribution is 2.23. The number of nitrogens with one attached hydrogen (secondary N) is 1. The number of hydrogen-bond donors (Lipinski definition) is 1. The SMILES string of the molecule is O=[N+]([O-])C(c1cn[nH]n1)([N+](=O)[O-])[N+](=O)[O-]. The van der Waals surface area contributed by atoms with Gasteiger partial charge < -0.3 is 0 Å². The van der Waals surface area contributed by atoms with Gasteiger partial charge in [-0.2, -0.15) is 10.3 Å². The van der Waals surface area contributed by atoms with Crippen molar-refractivity contribution in [1.29, 1.82) is 0 Å². The highest BCUT2D eigenvalue weighted by Gasteiger charge is 2.75. The maximum absolute atomic E-state index is 10.4. The van der Waals surface area contributed by atoms with Crippen LogP contribution in [0.2, 0.25) is 0 Å². The number of aromatic nitrogens is 3. The van der Waals surface area contributed by atoms with Crippen LogP contribution in [0, 0.1) is 30.3 Å². The molecule has 0 fully saturated rings. The van der Waals surface area contributed by atoms with E-state index in [1.807, 2.05) is 0 Å². The fourth-order valence-corrected chi connectivity index (χ4v) is 0.844. The lowest BCUT2D eigenvalue weighted by molar-refractivity contribution is -0.986. The molecule has 12 heteroatoms. The van der Waals surface area contributed by atoms with Crippen LogP contribution in [-0.2, 0) is 5.79 Å². The van der Waals surface area contributed by atoms with Crippen molar-refractivity contribution in [3.8, 4) is 0 Å². The van der Waals surface area contributed by atoms with Gasteiger partial charge in [-0.25, -0.2) is 0 Å². The molecule has 15 heavy (non-hydrogen) atoms. The van der Waals surface area contributed by atoms with Crippen LogP contribution >= 0.6 is 0 Å². The summed E-state index contributed by atoms with van der Waals surface area (Å²) in [5.41, 5.74) is -0.998. The zero-order valence-electron chi connectivity index (χ0n) is 6.76. The topological polar surface area (TPSA) is 171 Å². The van der Waals surface area contributed by atoms with Gasteiger partial charge in [-0.1, -0.05) is 0 Å². The van der Waals surface area contributed by atoms with Crippen LogP contribution in [0.3, 0.4) is 0 Å². The summed E-state index contributed by atoms with van der Waals surface area (Å²) in [5.74, 6) is -3.72. The number of H-pyrrole nitrogens is 1. The van der Waals surface area contributed by atoms with Crippen molar-refractivity contribution in [2.45, 2.75) is 5.79 Å². The normalized spacial score (nSPS) is 10.9. The van der Waals surface area contributed by atoms with Crippen LogP contribution < -0.4 is 0 Å². The van der Waals surface area contributed by atoms with Crippen molar-refractivity contribution >= 4 is 0 Å². The van der Waals surface area contributed by atoms with Crippen LogP contribution in [0.4, 0.5) is 0 Å². The van der Waals surface area contributed by atoms with E-state index in [0.29, 0.717) is 6.20 Å². The van der Waals surface area contributed by atoms with E-state index < -0.39 is 26.3 Å². The number of rotatable bonds is 4. The first kappa shape index (κ1) is 10.4. The first-order chi connectivity index (χ1) is 6.94. The summed E-state index contributed by atoms with van der Waals surface area (Å²) in [6, 6.07) is 0. The van der Waals surface area contributed by atoms with Gasteiger partial charge in [0.15, 0.2) is 14.8 Å². The van der Waals surface area contributed by atoms with Gasteiger partial charge in [0, 0.05) is 0 Å². The second-order valence-electron chi connectivity index (χ2n) is 2.26. The van der Waals surface area contributed by atoms with Crippen molar-refractivity contribution in [1.82, 2.24) is 15.4 Å². The van der Waals surface area contributed by atoms with E-state index in [1.54, 1.807) is 5.21 Å². The Balaban J connectivity index is 3.47. The fraction of sp³-hybridized carbons (Fsp3) is 0.333. The Morgan fingerprint density at radius 1 is 1.13 bits per heavy atom. The van der Waals surface area contributed by atoms with Crippen molar-refractivity contribution in [3.63, 3.8) is 0 Å². The molecule has 0 aromatic carbocycles. The van der Waals surface area contributed by atoms with Crippen LogP contribution in [0.5, 0.6) is 0 Å². The molecule has 0 bridgehead atoms. The summed E-state index contributed by atoms with van der Waals surface area (Å²) in [4.78, 5) is 26.4. The van der Waals surface area contributed by atoms with E-state index in [4.69, 9.17) is 0 Å². The molecule has 12 nitrogen and oxygen atoms in total. The smallest absolute Gasteiger partial charge is 0.252 e.